The van der Waals surface area contributed by atoms with Crippen LogP contribution in [-0.4, -0.2) is 61.0 Å². The van der Waals surface area contributed by atoms with E-state index >= 15 is 0 Å². The molecule has 5 nitrogen and oxygen atoms in total. The highest BCUT2D eigenvalue weighted by atomic mass is 16.5. The van der Waals surface area contributed by atoms with Gasteiger partial charge in [-0.15, -0.1) is 0 Å². The highest BCUT2D eigenvalue weighted by Gasteiger charge is 2.26. The van der Waals surface area contributed by atoms with Gasteiger partial charge in [-0.25, -0.2) is 4.79 Å². The highest BCUT2D eigenvalue weighted by Crippen LogP contribution is 2.16. The van der Waals surface area contributed by atoms with E-state index in [2.05, 4.69) is 4.90 Å². The Balaban J connectivity index is 1.70. The lowest BCUT2D eigenvalue weighted by Crippen LogP contribution is -2.46. The first-order chi connectivity index (χ1) is 7.75. The Morgan fingerprint density at radius 2 is 2.25 bits per heavy atom. The van der Waals surface area contributed by atoms with Crippen molar-refractivity contribution in [3.05, 3.63) is 0 Å². The highest BCUT2D eigenvalue weighted by molar-refractivity contribution is 5.72. The molecule has 5 heteroatoms. The number of hydrogen-bond acceptors (Lipinski definition) is 4. The molecule has 2 heterocycles. The molecule has 0 amide bonds. The van der Waals surface area contributed by atoms with Gasteiger partial charge in [-0.3, -0.25) is 4.90 Å². The lowest BCUT2D eigenvalue weighted by molar-refractivity contribution is -0.156. The molecule has 0 spiro atoms. The van der Waals surface area contributed by atoms with Crippen LogP contribution < -0.4 is 0 Å². The summed E-state index contributed by atoms with van der Waals surface area (Å²) in [6.45, 7) is 3.64. The largest absolute Gasteiger partial charge is 0.479 e. The van der Waals surface area contributed by atoms with Gasteiger partial charge in [-0.2, -0.15) is 0 Å². The lowest BCUT2D eigenvalue weighted by Gasteiger charge is -2.31. The first-order valence-corrected chi connectivity index (χ1v) is 5.94. The zero-order chi connectivity index (χ0) is 11.4. The van der Waals surface area contributed by atoms with Crippen molar-refractivity contribution in [2.24, 2.45) is 0 Å². The van der Waals surface area contributed by atoms with Crippen molar-refractivity contribution in [1.82, 2.24) is 4.90 Å². The molecule has 2 aliphatic heterocycles. The second-order valence-electron chi connectivity index (χ2n) is 4.42. The van der Waals surface area contributed by atoms with E-state index in [4.69, 9.17) is 14.6 Å². The minimum absolute atomic E-state index is 0.381. The molecular weight excluding hydrogens is 210 g/mol. The number of aliphatic carboxylic acids is 1. The molecule has 2 unspecified atom stereocenters. The quantitative estimate of drug-likeness (QED) is 0.753. The van der Waals surface area contributed by atoms with Crippen molar-refractivity contribution in [3.63, 3.8) is 0 Å². The van der Waals surface area contributed by atoms with Gasteiger partial charge in [0.2, 0.25) is 0 Å². The van der Waals surface area contributed by atoms with Crippen molar-refractivity contribution in [2.75, 3.05) is 32.8 Å². The van der Waals surface area contributed by atoms with E-state index in [1.165, 1.54) is 0 Å². The summed E-state index contributed by atoms with van der Waals surface area (Å²) in [6, 6.07) is 0. The Kier molecular flexibility index (Phi) is 4.15. The Morgan fingerprint density at radius 1 is 1.38 bits per heavy atom. The van der Waals surface area contributed by atoms with Crippen molar-refractivity contribution in [2.45, 2.75) is 31.5 Å². The van der Waals surface area contributed by atoms with Crippen LogP contribution in [0.25, 0.3) is 0 Å². The fraction of sp³-hybridized carbons (Fsp3) is 0.909. The van der Waals surface area contributed by atoms with Crippen molar-refractivity contribution in [3.8, 4) is 0 Å². The third-order valence-corrected chi connectivity index (χ3v) is 3.22. The molecule has 92 valence electrons. The van der Waals surface area contributed by atoms with E-state index in [9.17, 15) is 4.79 Å². The summed E-state index contributed by atoms with van der Waals surface area (Å²) in [6.07, 6.45) is 3.04. The predicted octanol–water partition coefficient (Wildman–Crippen LogP) is 0.341. The summed E-state index contributed by atoms with van der Waals surface area (Å²) >= 11 is 0. The number of morpholine rings is 1. The van der Waals surface area contributed by atoms with Crippen LogP contribution in [0, 0.1) is 0 Å². The summed E-state index contributed by atoms with van der Waals surface area (Å²) in [7, 11) is 0. The first kappa shape index (κ1) is 11.8. The molecule has 0 saturated carbocycles. The Hall–Kier alpha value is -0.650. The van der Waals surface area contributed by atoms with Gasteiger partial charge in [0.15, 0.2) is 6.10 Å². The second kappa shape index (κ2) is 5.61. The molecule has 0 aromatic heterocycles. The molecule has 0 aromatic rings. The summed E-state index contributed by atoms with van der Waals surface area (Å²) < 4.78 is 10.7. The van der Waals surface area contributed by atoms with Crippen LogP contribution in [0.1, 0.15) is 19.3 Å². The molecule has 0 radical (unpaired) electrons. The lowest BCUT2D eigenvalue weighted by atomic mass is 10.1. The van der Waals surface area contributed by atoms with Crippen LogP contribution in [0.15, 0.2) is 0 Å². The van der Waals surface area contributed by atoms with E-state index in [0.717, 1.165) is 39.0 Å². The van der Waals surface area contributed by atoms with Crippen molar-refractivity contribution < 1.29 is 19.4 Å². The average Bonchev–Trinajstić information content (AvgIpc) is 2.79. The number of carbonyl (C=O) groups is 1. The van der Waals surface area contributed by atoms with Crippen LogP contribution in [0.3, 0.4) is 0 Å². The minimum Gasteiger partial charge on any atom is -0.479 e. The van der Waals surface area contributed by atoms with Crippen LogP contribution in [0.2, 0.25) is 0 Å². The van der Waals surface area contributed by atoms with Gasteiger partial charge in [0.25, 0.3) is 0 Å². The number of carboxylic acids is 1. The second-order valence-corrected chi connectivity index (χ2v) is 4.42. The molecule has 0 aromatic carbocycles. The van der Waals surface area contributed by atoms with Gasteiger partial charge in [0.05, 0.1) is 12.7 Å². The van der Waals surface area contributed by atoms with Crippen LogP contribution in [0.5, 0.6) is 0 Å². The molecule has 2 aliphatic rings. The van der Waals surface area contributed by atoms with Crippen molar-refractivity contribution >= 4 is 5.97 Å². The molecule has 16 heavy (non-hydrogen) atoms. The SMILES string of the molecule is O=C(O)C1CN(CCC2CCCO2)CCO1. The molecule has 2 fully saturated rings. The predicted molar refractivity (Wildman–Crippen MR) is 57.4 cm³/mol. The maximum absolute atomic E-state index is 10.8. The maximum atomic E-state index is 10.8. The average molecular weight is 229 g/mol. The van der Waals surface area contributed by atoms with Gasteiger partial charge < -0.3 is 14.6 Å². The summed E-state index contributed by atoms with van der Waals surface area (Å²) in [5.74, 6) is -0.859. The molecule has 2 rings (SSSR count). The topological polar surface area (TPSA) is 59.0 Å². The third kappa shape index (κ3) is 3.17. The molecule has 0 bridgehead atoms. The maximum Gasteiger partial charge on any atom is 0.334 e. The normalized spacial score (nSPS) is 31.8. The van der Waals surface area contributed by atoms with Gasteiger partial charge in [0, 0.05) is 26.2 Å². The van der Waals surface area contributed by atoms with E-state index < -0.39 is 12.1 Å². The van der Waals surface area contributed by atoms with E-state index in [1.54, 1.807) is 0 Å². The number of hydrogen-bond donors (Lipinski definition) is 1. The Labute approximate surface area is 95.3 Å². The van der Waals surface area contributed by atoms with Gasteiger partial charge in [-0.1, -0.05) is 0 Å². The van der Waals surface area contributed by atoms with E-state index in [1.807, 2.05) is 0 Å². The molecule has 0 aliphatic carbocycles. The minimum atomic E-state index is -0.859. The first-order valence-electron chi connectivity index (χ1n) is 5.94. The van der Waals surface area contributed by atoms with Gasteiger partial charge >= 0.3 is 5.97 Å². The number of rotatable bonds is 4. The zero-order valence-corrected chi connectivity index (χ0v) is 9.43. The van der Waals surface area contributed by atoms with Crippen LogP contribution >= 0.6 is 0 Å². The Morgan fingerprint density at radius 3 is 2.94 bits per heavy atom. The summed E-state index contributed by atoms with van der Waals surface area (Å²) in [5, 5.41) is 8.86. The monoisotopic (exact) mass is 229 g/mol. The smallest absolute Gasteiger partial charge is 0.334 e. The van der Waals surface area contributed by atoms with E-state index in [0.29, 0.717) is 19.3 Å². The molecule has 2 atom stereocenters. The van der Waals surface area contributed by atoms with Gasteiger partial charge in [-0.05, 0) is 19.3 Å². The fourth-order valence-corrected chi connectivity index (χ4v) is 2.25. The molecular formula is C11H19NO4. The number of ether oxygens (including phenoxy) is 2. The Bertz CT molecular complexity index is 240. The summed E-state index contributed by atoms with van der Waals surface area (Å²) in [4.78, 5) is 12.9. The van der Waals surface area contributed by atoms with E-state index in [-0.39, 0.29) is 0 Å². The number of nitrogens with zero attached hydrogens (tertiary/aromatic N) is 1. The van der Waals surface area contributed by atoms with Crippen LogP contribution in [0.4, 0.5) is 0 Å². The summed E-state index contributed by atoms with van der Waals surface area (Å²) in [5.41, 5.74) is 0. The third-order valence-electron chi connectivity index (χ3n) is 3.22. The zero-order valence-electron chi connectivity index (χ0n) is 9.43. The van der Waals surface area contributed by atoms with Crippen molar-refractivity contribution in [1.29, 1.82) is 0 Å². The number of carboxylic acid groups (broad SMARTS) is 1. The van der Waals surface area contributed by atoms with Crippen LogP contribution in [-0.2, 0) is 14.3 Å². The standard InChI is InChI=1S/C11H19NO4/c13-11(14)10-8-12(5-7-16-10)4-3-9-2-1-6-15-9/h9-10H,1-8H2,(H,13,14). The van der Waals surface area contributed by atoms with Gasteiger partial charge in [0.1, 0.15) is 0 Å². The molecule has 1 N–H and O–H groups in total. The fourth-order valence-electron chi connectivity index (χ4n) is 2.25. The molecule has 2 saturated heterocycles.